The van der Waals surface area contributed by atoms with E-state index in [0.29, 0.717) is 17.5 Å². The molecular weight excluding hydrogens is 352 g/mol. The molecule has 0 unspecified atom stereocenters. The van der Waals surface area contributed by atoms with Gasteiger partial charge in [0.25, 0.3) is 5.91 Å². The van der Waals surface area contributed by atoms with E-state index in [-0.39, 0.29) is 17.2 Å². The molecule has 1 heterocycles. The number of benzene rings is 2. The highest BCUT2D eigenvalue weighted by Crippen LogP contribution is 2.20. The Balaban J connectivity index is 1.84. The summed E-state index contributed by atoms with van der Waals surface area (Å²) in [6.45, 7) is 6.25. The van der Waals surface area contributed by atoms with Gasteiger partial charge in [0.15, 0.2) is 11.2 Å². The van der Waals surface area contributed by atoms with E-state index >= 15 is 0 Å². The summed E-state index contributed by atoms with van der Waals surface area (Å²) < 4.78 is 5.78. The highest BCUT2D eigenvalue weighted by atomic mass is 16.3. The first-order valence-corrected chi connectivity index (χ1v) is 9.32. The van der Waals surface area contributed by atoms with Crippen molar-refractivity contribution in [1.82, 2.24) is 10.2 Å². The molecule has 0 saturated carbocycles. The maximum absolute atomic E-state index is 12.7. The van der Waals surface area contributed by atoms with Crippen LogP contribution < -0.4 is 10.7 Å². The van der Waals surface area contributed by atoms with Gasteiger partial charge in [0.1, 0.15) is 5.58 Å². The van der Waals surface area contributed by atoms with Crippen LogP contribution in [0.4, 0.5) is 0 Å². The van der Waals surface area contributed by atoms with Crippen LogP contribution in [-0.2, 0) is 0 Å². The monoisotopic (exact) mass is 378 g/mol. The fraction of sp³-hybridized carbons (Fsp3) is 0.304. The maximum atomic E-state index is 12.7. The molecule has 5 nitrogen and oxygen atoms in total. The molecule has 0 aliphatic rings. The lowest BCUT2D eigenvalue weighted by molar-refractivity contribution is 0.0914. The van der Waals surface area contributed by atoms with Gasteiger partial charge in [-0.15, -0.1) is 0 Å². The number of fused-ring (bicyclic) bond motifs is 1. The third kappa shape index (κ3) is 4.15. The molecule has 0 bridgehead atoms. The summed E-state index contributed by atoms with van der Waals surface area (Å²) in [4.78, 5) is 27.2. The summed E-state index contributed by atoms with van der Waals surface area (Å²) in [6, 6.07) is 13.2. The van der Waals surface area contributed by atoms with Crippen LogP contribution in [0.2, 0.25) is 0 Å². The third-order valence-corrected chi connectivity index (χ3v) is 4.92. The highest BCUT2D eigenvalue weighted by molar-refractivity contribution is 5.93. The molecule has 3 rings (SSSR count). The second-order valence-electron chi connectivity index (χ2n) is 7.53. The largest absolute Gasteiger partial charge is 0.450 e. The van der Waals surface area contributed by atoms with Crippen molar-refractivity contribution in [3.63, 3.8) is 0 Å². The minimum Gasteiger partial charge on any atom is -0.450 e. The normalized spacial score (nSPS) is 12.4. The maximum Gasteiger partial charge on any atom is 0.287 e. The van der Waals surface area contributed by atoms with E-state index in [1.54, 1.807) is 6.07 Å². The van der Waals surface area contributed by atoms with Crippen molar-refractivity contribution in [3.8, 4) is 0 Å². The van der Waals surface area contributed by atoms with Gasteiger partial charge in [-0.25, -0.2) is 0 Å². The van der Waals surface area contributed by atoms with E-state index in [0.717, 1.165) is 16.7 Å². The lowest BCUT2D eigenvalue weighted by atomic mass is 10.0. The number of likely N-dealkylation sites (N-methyl/N-ethyl adjacent to an activating group) is 1. The van der Waals surface area contributed by atoms with Crippen LogP contribution in [0.15, 0.2) is 51.7 Å². The Labute approximate surface area is 165 Å². The molecule has 28 heavy (non-hydrogen) atoms. The lowest BCUT2D eigenvalue weighted by Crippen LogP contribution is -2.34. The fourth-order valence-corrected chi connectivity index (χ4v) is 3.38. The Bertz CT molecular complexity index is 1070. The average Bonchev–Trinajstić information content (AvgIpc) is 2.63. The SMILES string of the molecule is Cc1ccc([C@@H](CNC(=O)c2cc(=O)c3cc(C)cc(C)c3o2)N(C)C)cc1. The van der Waals surface area contributed by atoms with E-state index in [1.165, 1.54) is 11.6 Å². The van der Waals surface area contributed by atoms with Crippen molar-refractivity contribution < 1.29 is 9.21 Å². The number of amides is 1. The smallest absolute Gasteiger partial charge is 0.287 e. The molecule has 1 aromatic heterocycles. The fourth-order valence-electron chi connectivity index (χ4n) is 3.38. The molecule has 3 aromatic rings. The minimum atomic E-state index is -0.391. The summed E-state index contributed by atoms with van der Waals surface area (Å²) >= 11 is 0. The molecule has 1 amide bonds. The average molecular weight is 378 g/mol. The van der Waals surface area contributed by atoms with Crippen LogP contribution >= 0.6 is 0 Å². The minimum absolute atomic E-state index is 0.0149. The molecule has 0 aliphatic heterocycles. The predicted molar refractivity (Wildman–Crippen MR) is 112 cm³/mol. The molecule has 0 radical (unpaired) electrons. The Morgan fingerprint density at radius 1 is 1.04 bits per heavy atom. The Hall–Kier alpha value is -2.92. The van der Waals surface area contributed by atoms with Crippen molar-refractivity contribution in [1.29, 1.82) is 0 Å². The van der Waals surface area contributed by atoms with Gasteiger partial charge in [-0.2, -0.15) is 0 Å². The van der Waals surface area contributed by atoms with Crippen LogP contribution in [0.25, 0.3) is 11.0 Å². The molecule has 0 saturated heterocycles. The summed E-state index contributed by atoms with van der Waals surface area (Å²) in [6.07, 6.45) is 0. The van der Waals surface area contributed by atoms with Crippen molar-refractivity contribution in [2.24, 2.45) is 0 Å². The molecular formula is C23H26N2O3. The van der Waals surface area contributed by atoms with Crippen molar-refractivity contribution in [2.75, 3.05) is 20.6 Å². The van der Waals surface area contributed by atoms with Crippen LogP contribution in [-0.4, -0.2) is 31.4 Å². The summed E-state index contributed by atoms with van der Waals surface area (Å²) in [7, 11) is 3.94. The predicted octanol–water partition coefficient (Wildman–Crippen LogP) is 3.75. The molecule has 1 atom stereocenters. The second-order valence-corrected chi connectivity index (χ2v) is 7.53. The first kappa shape index (κ1) is 19.8. The quantitative estimate of drug-likeness (QED) is 0.734. The molecule has 0 fully saturated rings. The van der Waals surface area contributed by atoms with E-state index in [9.17, 15) is 9.59 Å². The van der Waals surface area contributed by atoms with Gasteiger partial charge >= 0.3 is 0 Å². The third-order valence-electron chi connectivity index (χ3n) is 4.92. The van der Waals surface area contributed by atoms with Crippen molar-refractivity contribution >= 4 is 16.9 Å². The van der Waals surface area contributed by atoms with Crippen molar-refractivity contribution in [2.45, 2.75) is 26.8 Å². The summed E-state index contributed by atoms with van der Waals surface area (Å²) in [5.74, 6) is -0.358. The molecule has 5 heteroatoms. The molecule has 2 aromatic carbocycles. The van der Waals surface area contributed by atoms with Gasteiger partial charge in [0.05, 0.1) is 11.4 Å². The molecule has 0 spiro atoms. The summed E-state index contributed by atoms with van der Waals surface area (Å²) in [5, 5.41) is 3.40. The number of carbonyl (C=O) groups excluding carboxylic acids is 1. The molecule has 0 aliphatic carbocycles. The second kappa shape index (κ2) is 7.98. The van der Waals surface area contributed by atoms with Gasteiger partial charge in [0.2, 0.25) is 0 Å². The topological polar surface area (TPSA) is 62.6 Å². The Morgan fingerprint density at radius 2 is 1.71 bits per heavy atom. The molecule has 1 N–H and O–H groups in total. The zero-order valence-electron chi connectivity index (χ0n) is 17.0. The van der Waals surface area contributed by atoms with E-state index < -0.39 is 5.91 Å². The Kier molecular flexibility index (Phi) is 5.66. The lowest BCUT2D eigenvalue weighted by Gasteiger charge is -2.25. The zero-order valence-corrected chi connectivity index (χ0v) is 17.0. The van der Waals surface area contributed by atoms with E-state index in [2.05, 4.69) is 34.5 Å². The van der Waals surface area contributed by atoms with Crippen LogP contribution in [0.3, 0.4) is 0 Å². The van der Waals surface area contributed by atoms with E-state index in [1.807, 2.05) is 40.9 Å². The number of aryl methyl sites for hydroxylation is 3. The van der Waals surface area contributed by atoms with Gasteiger partial charge in [-0.05, 0) is 57.6 Å². The first-order valence-electron chi connectivity index (χ1n) is 9.32. The molecule has 146 valence electrons. The number of hydrogen-bond acceptors (Lipinski definition) is 4. The van der Waals surface area contributed by atoms with Crippen LogP contribution in [0.5, 0.6) is 0 Å². The first-order chi connectivity index (χ1) is 13.3. The standard InChI is InChI=1S/C23H26N2O3/c1-14-6-8-17(9-7-14)19(25(4)5)13-24-23(27)21-12-20(26)18-11-15(2)10-16(3)22(18)28-21/h6-12,19H,13H2,1-5H3,(H,24,27)/t19-/m1/s1. The number of nitrogens with zero attached hydrogens (tertiary/aromatic N) is 1. The van der Waals surface area contributed by atoms with Crippen LogP contribution in [0, 0.1) is 20.8 Å². The van der Waals surface area contributed by atoms with E-state index in [4.69, 9.17) is 4.42 Å². The van der Waals surface area contributed by atoms with Crippen molar-refractivity contribution in [3.05, 3.63) is 80.7 Å². The van der Waals surface area contributed by atoms with Gasteiger partial charge in [0, 0.05) is 12.6 Å². The number of nitrogens with one attached hydrogen (secondary N) is 1. The van der Waals surface area contributed by atoms with Crippen LogP contribution in [0.1, 0.15) is 38.9 Å². The Morgan fingerprint density at radius 3 is 2.36 bits per heavy atom. The summed E-state index contributed by atoms with van der Waals surface area (Å²) in [5.41, 5.74) is 4.39. The number of carbonyl (C=O) groups is 1. The highest BCUT2D eigenvalue weighted by Gasteiger charge is 2.18. The van der Waals surface area contributed by atoms with Gasteiger partial charge < -0.3 is 14.6 Å². The zero-order chi connectivity index (χ0) is 20.4. The van der Waals surface area contributed by atoms with Gasteiger partial charge in [-0.3, -0.25) is 9.59 Å². The number of hydrogen-bond donors (Lipinski definition) is 1. The number of rotatable bonds is 5. The van der Waals surface area contributed by atoms with Gasteiger partial charge in [-0.1, -0.05) is 35.9 Å².